The Bertz CT molecular complexity index is 1440. The SMILES string of the molecule is Cc1c(Cl)cccc1NC(=O)COC(=O)CCCCCN1C(=O)[C@@H]2C3c4ccccc4C(c4ccccc43)[C@@H]2C1=O. The second-order valence-electron chi connectivity index (χ2n) is 11.0. The molecule has 0 unspecified atom stereocenters. The highest BCUT2D eigenvalue weighted by Gasteiger charge is 2.61. The second kappa shape index (κ2) is 11.1. The van der Waals surface area contributed by atoms with Crippen molar-refractivity contribution in [1.29, 1.82) is 0 Å². The zero-order valence-corrected chi connectivity index (χ0v) is 23.5. The van der Waals surface area contributed by atoms with Gasteiger partial charge in [-0.3, -0.25) is 24.1 Å². The number of ether oxygens (including phenoxy) is 1. The first-order valence-electron chi connectivity index (χ1n) is 14.1. The zero-order valence-electron chi connectivity index (χ0n) is 22.8. The van der Waals surface area contributed by atoms with E-state index < -0.39 is 11.9 Å². The highest BCUT2D eigenvalue weighted by atomic mass is 35.5. The maximum absolute atomic E-state index is 13.6. The molecule has 1 saturated heterocycles. The molecule has 1 fully saturated rings. The van der Waals surface area contributed by atoms with Crippen LogP contribution < -0.4 is 5.32 Å². The molecule has 210 valence electrons. The number of carbonyl (C=O) groups excluding carboxylic acids is 4. The van der Waals surface area contributed by atoms with Crippen molar-refractivity contribution in [1.82, 2.24) is 4.90 Å². The van der Waals surface area contributed by atoms with Crippen molar-refractivity contribution < 1.29 is 23.9 Å². The molecule has 3 aliphatic carbocycles. The molecule has 0 saturated carbocycles. The van der Waals surface area contributed by atoms with Gasteiger partial charge in [-0.15, -0.1) is 0 Å². The summed E-state index contributed by atoms with van der Waals surface area (Å²) in [6, 6.07) is 21.6. The summed E-state index contributed by atoms with van der Waals surface area (Å²) in [4.78, 5) is 53.1. The topological polar surface area (TPSA) is 92.8 Å². The Morgan fingerprint density at radius 3 is 1.93 bits per heavy atom. The number of carbonyl (C=O) groups is 4. The molecule has 3 aromatic rings. The lowest BCUT2D eigenvalue weighted by Crippen LogP contribution is -2.41. The highest BCUT2D eigenvalue weighted by Crippen LogP contribution is 2.60. The number of hydrogen-bond donors (Lipinski definition) is 1. The molecule has 0 radical (unpaired) electrons. The fraction of sp³-hybridized carbons (Fsp3) is 0.333. The Kier molecular flexibility index (Phi) is 7.39. The van der Waals surface area contributed by atoms with Crippen molar-refractivity contribution in [3.63, 3.8) is 0 Å². The van der Waals surface area contributed by atoms with Crippen LogP contribution in [0.25, 0.3) is 0 Å². The molecule has 0 aromatic heterocycles. The molecule has 8 heteroatoms. The van der Waals surface area contributed by atoms with Crippen molar-refractivity contribution in [2.45, 2.75) is 44.4 Å². The number of rotatable bonds is 9. The smallest absolute Gasteiger partial charge is 0.306 e. The summed E-state index contributed by atoms with van der Waals surface area (Å²) in [7, 11) is 0. The van der Waals surface area contributed by atoms with Crippen LogP contribution in [0.3, 0.4) is 0 Å². The molecule has 0 spiro atoms. The van der Waals surface area contributed by atoms with Gasteiger partial charge in [-0.1, -0.05) is 72.6 Å². The van der Waals surface area contributed by atoms with Crippen molar-refractivity contribution in [2.24, 2.45) is 11.8 Å². The van der Waals surface area contributed by atoms with Crippen molar-refractivity contribution in [3.8, 4) is 0 Å². The average Bonchev–Trinajstić information content (AvgIpc) is 3.23. The molecule has 1 aliphatic heterocycles. The van der Waals surface area contributed by atoms with Gasteiger partial charge in [0.2, 0.25) is 11.8 Å². The number of unbranched alkanes of at least 4 members (excludes halogenated alkanes) is 2. The van der Waals surface area contributed by atoms with Gasteiger partial charge in [0.1, 0.15) is 0 Å². The van der Waals surface area contributed by atoms with E-state index in [4.69, 9.17) is 16.3 Å². The maximum Gasteiger partial charge on any atom is 0.306 e. The monoisotopic (exact) mass is 570 g/mol. The summed E-state index contributed by atoms with van der Waals surface area (Å²) in [6.07, 6.45) is 1.96. The van der Waals surface area contributed by atoms with E-state index in [9.17, 15) is 19.2 Å². The third-order valence-electron chi connectivity index (χ3n) is 8.71. The van der Waals surface area contributed by atoms with Crippen molar-refractivity contribution in [2.75, 3.05) is 18.5 Å². The van der Waals surface area contributed by atoms with E-state index in [1.165, 1.54) is 4.90 Å². The van der Waals surface area contributed by atoms with Gasteiger partial charge in [0.05, 0.1) is 11.8 Å². The number of nitrogens with one attached hydrogen (secondary N) is 1. The van der Waals surface area contributed by atoms with Gasteiger partial charge >= 0.3 is 5.97 Å². The van der Waals surface area contributed by atoms with E-state index in [1.54, 1.807) is 25.1 Å². The number of hydrogen-bond acceptors (Lipinski definition) is 5. The van der Waals surface area contributed by atoms with Gasteiger partial charge in [-0.2, -0.15) is 0 Å². The van der Waals surface area contributed by atoms with E-state index in [-0.39, 0.29) is 48.5 Å². The third-order valence-corrected chi connectivity index (χ3v) is 9.12. The first-order chi connectivity index (χ1) is 19.9. The second-order valence-corrected chi connectivity index (χ2v) is 11.4. The molecule has 4 aliphatic rings. The molecule has 41 heavy (non-hydrogen) atoms. The summed E-state index contributed by atoms with van der Waals surface area (Å²) < 4.78 is 5.11. The standard InChI is InChI=1S/C33H31ClN2O5/c1-19-24(34)14-9-15-25(19)35-26(37)18-41-27(38)16-3-2-8-17-36-32(39)30-28-20-10-4-5-11-21(20)29(31(30)33(36)40)23-13-7-6-12-22(23)28/h4-7,9-15,28-31H,2-3,8,16-18H2,1H3,(H,35,37)/t28?,29?,30-,31+. The number of halogens is 1. The van der Waals surface area contributed by atoms with Crippen LogP contribution in [0.15, 0.2) is 66.7 Å². The van der Waals surface area contributed by atoms with E-state index in [2.05, 4.69) is 29.6 Å². The third kappa shape index (κ3) is 4.82. The quantitative estimate of drug-likeness (QED) is 0.206. The number of amides is 3. The van der Waals surface area contributed by atoms with Crippen LogP contribution in [0.4, 0.5) is 5.69 Å². The minimum atomic E-state index is -0.464. The fourth-order valence-corrected chi connectivity index (χ4v) is 7.00. The Morgan fingerprint density at radius 1 is 0.805 bits per heavy atom. The largest absolute Gasteiger partial charge is 0.456 e. The summed E-state index contributed by atoms with van der Waals surface area (Å²) in [5.74, 6) is -2.01. The molecule has 1 N–H and O–H groups in total. The lowest BCUT2D eigenvalue weighted by Gasteiger charge is -2.45. The number of likely N-dealkylation sites (tertiary alicyclic amines) is 1. The number of anilines is 1. The molecular formula is C33H31ClN2O5. The van der Waals surface area contributed by atoms with Gasteiger partial charge in [0, 0.05) is 35.5 Å². The molecule has 3 amide bonds. The van der Waals surface area contributed by atoms with Gasteiger partial charge < -0.3 is 10.1 Å². The molecule has 2 bridgehead atoms. The summed E-state index contributed by atoms with van der Waals surface area (Å²) in [6.45, 7) is 1.76. The maximum atomic E-state index is 13.6. The van der Waals surface area contributed by atoms with Crippen LogP contribution in [-0.4, -0.2) is 41.7 Å². The number of imide groups is 1. The molecular weight excluding hydrogens is 540 g/mol. The molecule has 1 heterocycles. The number of nitrogens with zero attached hydrogens (tertiary/aromatic N) is 1. The molecule has 3 aromatic carbocycles. The van der Waals surface area contributed by atoms with Crippen LogP contribution in [0, 0.1) is 18.8 Å². The number of benzene rings is 3. The van der Waals surface area contributed by atoms with E-state index in [0.717, 1.165) is 27.8 Å². The minimum absolute atomic E-state index is 0.0839. The minimum Gasteiger partial charge on any atom is -0.456 e. The van der Waals surface area contributed by atoms with Crippen molar-refractivity contribution in [3.05, 3.63) is 99.6 Å². The van der Waals surface area contributed by atoms with Crippen LogP contribution >= 0.6 is 11.6 Å². The van der Waals surface area contributed by atoms with E-state index >= 15 is 0 Å². The highest BCUT2D eigenvalue weighted by molar-refractivity contribution is 6.31. The Balaban J connectivity index is 0.999. The van der Waals surface area contributed by atoms with E-state index in [0.29, 0.717) is 36.5 Å². The summed E-state index contributed by atoms with van der Waals surface area (Å²) in [5.41, 5.74) is 5.96. The van der Waals surface area contributed by atoms with Crippen LogP contribution in [0.5, 0.6) is 0 Å². The van der Waals surface area contributed by atoms with E-state index in [1.807, 2.05) is 24.3 Å². The summed E-state index contributed by atoms with van der Waals surface area (Å²) >= 11 is 6.07. The van der Waals surface area contributed by atoms with Crippen LogP contribution in [0.1, 0.15) is 65.3 Å². The zero-order chi connectivity index (χ0) is 28.7. The first kappa shape index (κ1) is 27.2. The average molecular weight is 571 g/mol. The molecule has 7 nitrogen and oxygen atoms in total. The summed E-state index contributed by atoms with van der Waals surface area (Å²) in [5, 5.41) is 3.24. The van der Waals surface area contributed by atoms with Crippen molar-refractivity contribution >= 4 is 41.0 Å². The predicted molar refractivity (Wildman–Crippen MR) is 155 cm³/mol. The Hall–Kier alpha value is -3.97. The first-order valence-corrected chi connectivity index (χ1v) is 14.5. The number of esters is 1. The molecule has 2 atom stereocenters. The lowest BCUT2D eigenvalue weighted by molar-refractivity contribution is -0.147. The Morgan fingerprint density at radius 2 is 1.37 bits per heavy atom. The van der Waals surface area contributed by atoms with Crippen LogP contribution in [0.2, 0.25) is 5.02 Å². The van der Waals surface area contributed by atoms with Crippen LogP contribution in [-0.2, 0) is 23.9 Å². The van der Waals surface area contributed by atoms with Gasteiger partial charge in [0.15, 0.2) is 6.61 Å². The Labute approximate surface area is 243 Å². The van der Waals surface area contributed by atoms with Gasteiger partial charge in [-0.05, 0) is 59.7 Å². The lowest BCUT2D eigenvalue weighted by atomic mass is 9.55. The van der Waals surface area contributed by atoms with Gasteiger partial charge in [-0.25, -0.2) is 0 Å². The van der Waals surface area contributed by atoms with Gasteiger partial charge in [0.25, 0.3) is 5.91 Å². The fourth-order valence-electron chi connectivity index (χ4n) is 6.82. The normalized spacial score (nSPS) is 21.8. The predicted octanol–water partition coefficient (Wildman–Crippen LogP) is 5.58. The molecule has 7 rings (SSSR count).